The number of aromatic nitrogens is 2. The molecule has 1 atom stereocenters. The molecule has 1 aromatic heterocycles. The average Bonchev–Trinajstić information content (AvgIpc) is 2.72. The Balaban J connectivity index is 2.61. The van der Waals surface area contributed by atoms with Crippen LogP contribution in [0.5, 0.6) is 0 Å². The van der Waals surface area contributed by atoms with Crippen molar-refractivity contribution in [3.63, 3.8) is 0 Å². The van der Waals surface area contributed by atoms with E-state index in [0.29, 0.717) is 31.0 Å². The van der Waals surface area contributed by atoms with Crippen molar-refractivity contribution < 1.29 is 9.26 Å². The van der Waals surface area contributed by atoms with Gasteiger partial charge in [0.2, 0.25) is 5.89 Å². The molecule has 0 aromatic carbocycles. The molecule has 0 saturated heterocycles. The Kier molecular flexibility index (Phi) is 5.75. The summed E-state index contributed by atoms with van der Waals surface area (Å²) in [6.07, 6.45) is 0.746. The number of nitrogens with one attached hydrogen (secondary N) is 1. The molecule has 1 N–H and O–H groups in total. The lowest BCUT2D eigenvalue weighted by atomic mass is 9.84. The first-order valence-corrected chi connectivity index (χ1v) is 6.60. The van der Waals surface area contributed by atoms with Crippen molar-refractivity contribution >= 4 is 0 Å². The molecule has 0 bridgehead atoms. The van der Waals surface area contributed by atoms with E-state index in [9.17, 15) is 0 Å². The fourth-order valence-corrected chi connectivity index (χ4v) is 1.73. The fraction of sp³-hybridized carbons (Fsp3) is 0.846. The van der Waals surface area contributed by atoms with Crippen LogP contribution in [-0.4, -0.2) is 29.3 Å². The largest absolute Gasteiger partial charge is 0.374 e. The highest BCUT2D eigenvalue weighted by molar-refractivity contribution is 4.92. The molecule has 0 aliphatic carbocycles. The van der Waals surface area contributed by atoms with Gasteiger partial charge in [-0.3, -0.25) is 0 Å². The summed E-state index contributed by atoms with van der Waals surface area (Å²) in [7, 11) is 0. The summed E-state index contributed by atoms with van der Waals surface area (Å²) < 4.78 is 10.5. The van der Waals surface area contributed by atoms with Gasteiger partial charge in [0.15, 0.2) is 5.82 Å². The Morgan fingerprint density at radius 3 is 2.61 bits per heavy atom. The van der Waals surface area contributed by atoms with Crippen LogP contribution in [0.25, 0.3) is 0 Å². The second-order valence-corrected chi connectivity index (χ2v) is 5.42. The zero-order chi connectivity index (χ0) is 13.6. The van der Waals surface area contributed by atoms with Crippen LogP contribution in [0.3, 0.4) is 0 Å². The van der Waals surface area contributed by atoms with Crippen LogP contribution in [0.15, 0.2) is 4.52 Å². The van der Waals surface area contributed by atoms with Gasteiger partial charge in [0.05, 0.1) is 0 Å². The summed E-state index contributed by atoms with van der Waals surface area (Å²) in [4.78, 5) is 4.34. The molecule has 104 valence electrons. The van der Waals surface area contributed by atoms with Crippen LogP contribution in [0, 0.1) is 5.41 Å². The van der Waals surface area contributed by atoms with Crippen molar-refractivity contribution in [2.24, 2.45) is 5.41 Å². The molecule has 1 rings (SSSR count). The number of hydrogen-bond acceptors (Lipinski definition) is 5. The molecule has 0 aliphatic heterocycles. The Hall–Kier alpha value is -0.940. The molecule has 1 unspecified atom stereocenters. The third-order valence-electron chi connectivity index (χ3n) is 2.82. The summed E-state index contributed by atoms with van der Waals surface area (Å²) >= 11 is 0. The van der Waals surface area contributed by atoms with Gasteiger partial charge in [0.1, 0.15) is 6.61 Å². The van der Waals surface area contributed by atoms with E-state index in [1.165, 1.54) is 0 Å². The van der Waals surface area contributed by atoms with Gasteiger partial charge in [-0.05, 0) is 18.9 Å². The molecule has 0 fully saturated rings. The van der Waals surface area contributed by atoms with Crippen LogP contribution in [0.4, 0.5) is 0 Å². The predicted molar refractivity (Wildman–Crippen MR) is 70.3 cm³/mol. The molecule has 5 heteroatoms. The van der Waals surface area contributed by atoms with E-state index in [1.54, 1.807) is 0 Å². The second kappa shape index (κ2) is 6.85. The number of ether oxygens (including phenoxy) is 1. The highest BCUT2D eigenvalue weighted by Crippen LogP contribution is 2.22. The zero-order valence-electron chi connectivity index (χ0n) is 12.1. The first-order chi connectivity index (χ1) is 8.47. The van der Waals surface area contributed by atoms with E-state index in [1.807, 2.05) is 6.92 Å². The maximum Gasteiger partial charge on any atom is 0.228 e. The number of hydrogen-bond donors (Lipinski definition) is 1. The molecule has 1 aromatic rings. The standard InChI is InChI=1S/C13H25N3O2/c1-6-14-10(13(3,4)5)8-12-15-11(16-18-12)9-17-7-2/h10,14H,6-9H2,1-5H3. The van der Waals surface area contributed by atoms with Gasteiger partial charge in [-0.2, -0.15) is 4.98 Å². The Morgan fingerprint density at radius 1 is 1.33 bits per heavy atom. The van der Waals surface area contributed by atoms with Gasteiger partial charge in [-0.15, -0.1) is 0 Å². The van der Waals surface area contributed by atoms with Gasteiger partial charge < -0.3 is 14.6 Å². The third kappa shape index (κ3) is 4.74. The summed E-state index contributed by atoms with van der Waals surface area (Å²) in [5.74, 6) is 1.29. The molecule has 0 amide bonds. The third-order valence-corrected chi connectivity index (χ3v) is 2.82. The van der Waals surface area contributed by atoms with Gasteiger partial charge in [0, 0.05) is 19.1 Å². The Morgan fingerprint density at radius 2 is 2.06 bits per heavy atom. The Labute approximate surface area is 109 Å². The monoisotopic (exact) mass is 255 g/mol. The molecular formula is C13H25N3O2. The summed E-state index contributed by atoms with van der Waals surface area (Å²) in [6, 6.07) is 0.322. The maximum absolute atomic E-state index is 5.25. The predicted octanol–water partition coefficient (Wildman–Crippen LogP) is 2.17. The topological polar surface area (TPSA) is 60.2 Å². The molecule has 0 aliphatic rings. The van der Waals surface area contributed by atoms with Crippen molar-refractivity contribution in [2.45, 2.75) is 53.7 Å². The summed E-state index contributed by atoms with van der Waals surface area (Å²) in [5, 5.41) is 7.37. The lowest BCUT2D eigenvalue weighted by Gasteiger charge is -2.30. The fourth-order valence-electron chi connectivity index (χ4n) is 1.73. The highest BCUT2D eigenvalue weighted by atomic mass is 16.5. The molecule has 5 nitrogen and oxygen atoms in total. The van der Waals surface area contributed by atoms with Gasteiger partial charge >= 0.3 is 0 Å². The first-order valence-electron chi connectivity index (χ1n) is 6.60. The quantitative estimate of drug-likeness (QED) is 0.809. The smallest absolute Gasteiger partial charge is 0.228 e. The van der Waals surface area contributed by atoms with Crippen LogP contribution < -0.4 is 5.32 Å². The molecule has 1 heterocycles. The van der Waals surface area contributed by atoms with Crippen molar-refractivity contribution in [3.05, 3.63) is 11.7 Å². The van der Waals surface area contributed by atoms with Crippen molar-refractivity contribution in [3.8, 4) is 0 Å². The van der Waals surface area contributed by atoms with E-state index in [2.05, 4.69) is 43.2 Å². The minimum absolute atomic E-state index is 0.157. The molecule has 0 spiro atoms. The number of nitrogens with zero attached hydrogens (tertiary/aromatic N) is 2. The lowest BCUT2D eigenvalue weighted by molar-refractivity contribution is 0.126. The SMILES string of the molecule is CCNC(Cc1nc(COCC)no1)C(C)(C)C. The molecule has 0 radical (unpaired) electrons. The van der Waals surface area contributed by atoms with Gasteiger partial charge in [-0.25, -0.2) is 0 Å². The normalized spacial score (nSPS) is 13.8. The van der Waals surface area contributed by atoms with Gasteiger partial charge in [-0.1, -0.05) is 32.9 Å². The van der Waals surface area contributed by atoms with E-state index in [4.69, 9.17) is 9.26 Å². The lowest BCUT2D eigenvalue weighted by Crippen LogP contribution is -2.41. The molecule has 0 saturated carbocycles. The van der Waals surface area contributed by atoms with Crippen molar-refractivity contribution in [1.29, 1.82) is 0 Å². The highest BCUT2D eigenvalue weighted by Gasteiger charge is 2.26. The van der Waals surface area contributed by atoms with Crippen LogP contribution in [0.2, 0.25) is 0 Å². The Bertz CT molecular complexity index is 344. The van der Waals surface area contributed by atoms with E-state index in [-0.39, 0.29) is 5.41 Å². The van der Waals surface area contributed by atoms with Crippen LogP contribution in [-0.2, 0) is 17.8 Å². The van der Waals surface area contributed by atoms with Crippen LogP contribution in [0.1, 0.15) is 46.3 Å². The average molecular weight is 255 g/mol. The second-order valence-electron chi connectivity index (χ2n) is 5.42. The summed E-state index contributed by atoms with van der Waals surface area (Å²) in [6.45, 7) is 12.7. The molecular weight excluding hydrogens is 230 g/mol. The van der Waals surface area contributed by atoms with Crippen molar-refractivity contribution in [2.75, 3.05) is 13.2 Å². The molecule has 18 heavy (non-hydrogen) atoms. The maximum atomic E-state index is 5.25. The van der Waals surface area contributed by atoms with Crippen LogP contribution >= 0.6 is 0 Å². The number of rotatable bonds is 7. The van der Waals surface area contributed by atoms with E-state index in [0.717, 1.165) is 13.0 Å². The number of likely N-dealkylation sites (N-methyl/N-ethyl adjacent to an activating group) is 1. The summed E-state index contributed by atoms with van der Waals surface area (Å²) in [5.41, 5.74) is 0.157. The zero-order valence-corrected chi connectivity index (χ0v) is 12.1. The van der Waals surface area contributed by atoms with Gasteiger partial charge in [0.25, 0.3) is 0 Å². The van der Waals surface area contributed by atoms with E-state index >= 15 is 0 Å². The minimum Gasteiger partial charge on any atom is -0.374 e. The minimum atomic E-state index is 0.157. The van der Waals surface area contributed by atoms with Crippen molar-refractivity contribution in [1.82, 2.24) is 15.5 Å². The first kappa shape index (κ1) is 15.1. The van der Waals surface area contributed by atoms with E-state index < -0.39 is 0 Å².